The van der Waals surface area contributed by atoms with E-state index in [9.17, 15) is 0 Å². The van der Waals surface area contributed by atoms with E-state index in [2.05, 4.69) is 22.4 Å². The fourth-order valence-electron chi connectivity index (χ4n) is 0.803. The van der Waals surface area contributed by atoms with Gasteiger partial charge in [0.1, 0.15) is 5.51 Å². The minimum atomic E-state index is 0.582. The second kappa shape index (κ2) is 5.50. The molecule has 0 saturated carbocycles. The molecule has 3 nitrogen and oxygen atoms in total. The standard InChI is InChI=1S/C7H13N3S2/c1-3-6(8-2)4-11-7-10-9-5-12-7/h5-6,8H,3-4H2,1-2H3. The number of rotatable bonds is 5. The topological polar surface area (TPSA) is 37.8 Å². The Balaban J connectivity index is 2.25. The minimum absolute atomic E-state index is 0.582. The molecule has 1 atom stereocenters. The Morgan fingerprint density at radius 3 is 3.08 bits per heavy atom. The molecule has 1 N–H and O–H groups in total. The first-order valence-corrected chi connectivity index (χ1v) is 5.79. The lowest BCUT2D eigenvalue weighted by atomic mass is 10.3. The summed E-state index contributed by atoms with van der Waals surface area (Å²) in [6.07, 6.45) is 1.16. The number of hydrogen-bond acceptors (Lipinski definition) is 5. The predicted molar refractivity (Wildman–Crippen MR) is 53.8 cm³/mol. The van der Waals surface area contributed by atoms with Gasteiger partial charge in [-0.25, -0.2) is 0 Å². The van der Waals surface area contributed by atoms with E-state index < -0.39 is 0 Å². The summed E-state index contributed by atoms with van der Waals surface area (Å²) in [6, 6.07) is 0.582. The van der Waals surface area contributed by atoms with E-state index in [0.29, 0.717) is 6.04 Å². The van der Waals surface area contributed by atoms with Gasteiger partial charge in [0.05, 0.1) is 0 Å². The summed E-state index contributed by atoms with van der Waals surface area (Å²) in [5, 5.41) is 11.0. The molecule has 0 aliphatic heterocycles. The van der Waals surface area contributed by atoms with Crippen molar-refractivity contribution in [3.05, 3.63) is 5.51 Å². The first kappa shape index (κ1) is 9.95. The average Bonchev–Trinajstić information content (AvgIpc) is 2.59. The monoisotopic (exact) mass is 203 g/mol. The Kier molecular flexibility index (Phi) is 4.57. The zero-order valence-electron chi connectivity index (χ0n) is 7.28. The lowest BCUT2D eigenvalue weighted by Gasteiger charge is -2.10. The van der Waals surface area contributed by atoms with Crippen LogP contribution in [0.4, 0.5) is 0 Å². The summed E-state index contributed by atoms with van der Waals surface area (Å²) < 4.78 is 1.06. The molecule has 0 aliphatic rings. The zero-order valence-corrected chi connectivity index (χ0v) is 8.91. The molecule has 5 heteroatoms. The Hall–Kier alpha value is -0.130. The first-order chi connectivity index (χ1) is 5.86. The molecule has 1 rings (SSSR count). The van der Waals surface area contributed by atoms with Crippen molar-refractivity contribution in [1.82, 2.24) is 15.5 Å². The molecule has 0 bridgehead atoms. The molecule has 0 spiro atoms. The SMILES string of the molecule is CCC(CSc1nncs1)NC. The quantitative estimate of drug-likeness (QED) is 0.738. The fourth-order valence-corrected chi connectivity index (χ4v) is 2.54. The third-order valence-corrected chi connectivity index (χ3v) is 3.67. The van der Waals surface area contributed by atoms with Crippen LogP contribution in [-0.2, 0) is 0 Å². The molecule has 0 amide bonds. The van der Waals surface area contributed by atoms with Crippen molar-refractivity contribution >= 4 is 23.1 Å². The van der Waals surface area contributed by atoms with Crippen LogP contribution < -0.4 is 5.32 Å². The van der Waals surface area contributed by atoms with Crippen molar-refractivity contribution in [2.24, 2.45) is 0 Å². The van der Waals surface area contributed by atoms with Crippen molar-refractivity contribution in [3.8, 4) is 0 Å². The highest BCUT2D eigenvalue weighted by molar-refractivity contribution is 8.01. The van der Waals surface area contributed by atoms with Gasteiger partial charge in [-0.05, 0) is 13.5 Å². The number of nitrogens with one attached hydrogen (secondary N) is 1. The molecule has 68 valence electrons. The maximum absolute atomic E-state index is 3.96. The van der Waals surface area contributed by atoms with Crippen molar-refractivity contribution in [2.75, 3.05) is 12.8 Å². The second-order valence-corrected chi connectivity index (χ2v) is 4.51. The van der Waals surface area contributed by atoms with Crippen LogP contribution in [0.3, 0.4) is 0 Å². The molecular weight excluding hydrogens is 190 g/mol. The normalized spacial score (nSPS) is 13.2. The van der Waals surface area contributed by atoms with E-state index in [0.717, 1.165) is 16.5 Å². The Labute approximate surface area is 81.0 Å². The molecule has 1 heterocycles. The van der Waals surface area contributed by atoms with Crippen LogP contribution in [0.1, 0.15) is 13.3 Å². The van der Waals surface area contributed by atoms with Crippen LogP contribution in [0.2, 0.25) is 0 Å². The van der Waals surface area contributed by atoms with Gasteiger partial charge in [-0.2, -0.15) is 0 Å². The van der Waals surface area contributed by atoms with Crippen molar-refractivity contribution in [2.45, 2.75) is 23.7 Å². The Bertz CT molecular complexity index is 196. The summed E-state index contributed by atoms with van der Waals surface area (Å²) in [7, 11) is 1.99. The van der Waals surface area contributed by atoms with Gasteiger partial charge in [-0.3, -0.25) is 0 Å². The van der Waals surface area contributed by atoms with Crippen LogP contribution in [-0.4, -0.2) is 29.0 Å². The summed E-state index contributed by atoms with van der Waals surface area (Å²) >= 11 is 3.37. The minimum Gasteiger partial charge on any atom is -0.316 e. The first-order valence-electron chi connectivity index (χ1n) is 3.93. The number of nitrogens with zero attached hydrogens (tertiary/aromatic N) is 2. The number of thioether (sulfide) groups is 1. The molecule has 0 aromatic carbocycles. The van der Waals surface area contributed by atoms with Gasteiger partial charge in [0.25, 0.3) is 0 Å². The third-order valence-electron chi connectivity index (χ3n) is 1.65. The summed E-state index contributed by atoms with van der Waals surface area (Å²) in [5.74, 6) is 1.07. The maximum Gasteiger partial charge on any atom is 0.174 e. The number of aromatic nitrogens is 2. The van der Waals surface area contributed by atoms with E-state index in [-0.39, 0.29) is 0 Å². The average molecular weight is 203 g/mol. The summed E-state index contributed by atoms with van der Waals surface area (Å²) in [6.45, 7) is 2.18. The van der Waals surface area contributed by atoms with Gasteiger partial charge in [-0.15, -0.1) is 10.2 Å². The Morgan fingerprint density at radius 1 is 1.75 bits per heavy atom. The van der Waals surface area contributed by atoms with E-state index in [1.54, 1.807) is 28.6 Å². The third kappa shape index (κ3) is 3.08. The second-order valence-electron chi connectivity index (χ2n) is 2.41. The lowest BCUT2D eigenvalue weighted by Crippen LogP contribution is -2.26. The number of hydrogen-bond donors (Lipinski definition) is 1. The highest BCUT2D eigenvalue weighted by atomic mass is 32.2. The van der Waals surface area contributed by atoms with Crippen LogP contribution in [0.25, 0.3) is 0 Å². The van der Waals surface area contributed by atoms with Gasteiger partial charge < -0.3 is 5.32 Å². The maximum atomic E-state index is 3.96. The van der Waals surface area contributed by atoms with Crippen molar-refractivity contribution in [1.29, 1.82) is 0 Å². The molecule has 0 fully saturated rings. The van der Waals surface area contributed by atoms with E-state index >= 15 is 0 Å². The lowest BCUT2D eigenvalue weighted by molar-refractivity contribution is 0.601. The molecule has 0 aliphatic carbocycles. The van der Waals surface area contributed by atoms with E-state index in [4.69, 9.17) is 0 Å². The molecule has 0 saturated heterocycles. The molecule has 12 heavy (non-hydrogen) atoms. The van der Waals surface area contributed by atoms with Gasteiger partial charge >= 0.3 is 0 Å². The van der Waals surface area contributed by atoms with Gasteiger partial charge in [0.15, 0.2) is 4.34 Å². The van der Waals surface area contributed by atoms with Crippen LogP contribution in [0.5, 0.6) is 0 Å². The van der Waals surface area contributed by atoms with Crippen LogP contribution in [0.15, 0.2) is 9.85 Å². The fraction of sp³-hybridized carbons (Fsp3) is 0.714. The summed E-state index contributed by atoms with van der Waals surface area (Å²) in [4.78, 5) is 0. The molecular formula is C7H13N3S2. The van der Waals surface area contributed by atoms with Crippen molar-refractivity contribution < 1.29 is 0 Å². The molecule has 1 aromatic heterocycles. The largest absolute Gasteiger partial charge is 0.316 e. The van der Waals surface area contributed by atoms with E-state index in [1.165, 1.54) is 0 Å². The molecule has 1 aromatic rings. The molecule has 1 unspecified atom stereocenters. The van der Waals surface area contributed by atoms with Gasteiger partial charge in [0, 0.05) is 11.8 Å². The highest BCUT2D eigenvalue weighted by Crippen LogP contribution is 2.19. The van der Waals surface area contributed by atoms with Gasteiger partial charge in [0.2, 0.25) is 0 Å². The van der Waals surface area contributed by atoms with Crippen LogP contribution in [0, 0.1) is 0 Å². The smallest absolute Gasteiger partial charge is 0.174 e. The summed E-state index contributed by atoms with van der Waals surface area (Å²) in [5.41, 5.74) is 1.77. The predicted octanol–water partition coefficient (Wildman–Crippen LogP) is 1.63. The van der Waals surface area contributed by atoms with Crippen molar-refractivity contribution in [3.63, 3.8) is 0 Å². The highest BCUT2D eigenvalue weighted by Gasteiger charge is 2.04. The molecule has 0 radical (unpaired) electrons. The zero-order chi connectivity index (χ0) is 8.81. The van der Waals surface area contributed by atoms with Gasteiger partial charge in [-0.1, -0.05) is 30.0 Å². The Morgan fingerprint density at radius 2 is 2.58 bits per heavy atom. The van der Waals surface area contributed by atoms with E-state index in [1.807, 2.05) is 7.05 Å². The van der Waals surface area contributed by atoms with Crippen LogP contribution >= 0.6 is 23.1 Å².